The molecule has 0 saturated heterocycles. The normalized spacial score (nSPS) is 12.9. The Morgan fingerprint density at radius 1 is 1.27 bits per heavy atom. The van der Waals surface area contributed by atoms with E-state index in [0.717, 1.165) is 0 Å². The Morgan fingerprint density at radius 2 is 2.00 bits per heavy atom. The van der Waals surface area contributed by atoms with Gasteiger partial charge in [-0.2, -0.15) is 0 Å². The van der Waals surface area contributed by atoms with Crippen LogP contribution in [0, 0.1) is 5.92 Å². The summed E-state index contributed by atoms with van der Waals surface area (Å²) in [6.45, 7) is 7.31. The van der Waals surface area contributed by atoms with Crippen LogP contribution in [0.4, 0.5) is 5.69 Å². The summed E-state index contributed by atoms with van der Waals surface area (Å²) in [6.07, 6.45) is 0. The van der Waals surface area contributed by atoms with Gasteiger partial charge in [0, 0.05) is 18.8 Å². The predicted octanol–water partition coefficient (Wildman–Crippen LogP) is 3.29. The molecule has 0 bridgehead atoms. The first-order valence-electron chi connectivity index (χ1n) is 5.48. The van der Waals surface area contributed by atoms with Crippen LogP contribution in [0.2, 0.25) is 0 Å². The number of anilines is 1. The number of hydrogen-bond donors (Lipinski definition) is 1. The molecule has 0 radical (unpaired) electrons. The molecule has 0 aliphatic rings. The molecule has 2 heteroatoms. The summed E-state index contributed by atoms with van der Waals surface area (Å²) in [5.74, 6) is 0.635. The van der Waals surface area contributed by atoms with Gasteiger partial charge in [-0.1, -0.05) is 26.0 Å². The summed E-state index contributed by atoms with van der Waals surface area (Å²) in [5.41, 5.74) is 2.38. The maximum Gasteiger partial charge on any atom is 0.0713 e. The van der Waals surface area contributed by atoms with E-state index >= 15 is 0 Å². The quantitative estimate of drug-likeness (QED) is 0.800. The molecule has 1 unspecified atom stereocenters. The Balaban J connectivity index is 2.64. The third kappa shape index (κ3) is 3.92. The van der Waals surface area contributed by atoms with Gasteiger partial charge in [0.05, 0.1) is 6.61 Å². The first-order valence-corrected chi connectivity index (χ1v) is 5.48. The molecule has 0 fully saturated rings. The summed E-state index contributed by atoms with van der Waals surface area (Å²) in [6, 6.07) is 8.86. The van der Waals surface area contributed by atoms with Crippen LogP contribution in [-0.4, -0.2) is 13.2 Å². The van der Waals surface area contributed by atoms with Crippen molar-refractivity contribution in [3.8, 4) is 0 Å². The number of benzene rings is 1. The molecule has 1 aromatic rings. The standard InChI is InChI=1S/C13H21NO/c1-10(2)11(3)14-13-7-5-6-12(8-13)9-15-4/h5-8,10-11,14H,9H2,1-4H3. The van der Waals surface area contributed by atoms with E-state index in [0.29, 0.717) is 18.6 Å². The van der Waals surface area contributed by atoms with Gasteiger partial charge in [0.2, 0.25) is 0 Å². The van der Waals surface area contributed by atoms with Crippen molar-refractivity contribution in [1.29, 1.82) is 0 Å². The average molecular weight is 207 g/mol. The number of methoxy groups -OCH3 is 1. The molecule has 0 aromatic heterocycles. The van der Waals surface area contributed by atoms with Crippen LogP contribution in [-0.2, 0) is 11.3 Å². The Labute approximate surface area is 92.6 Å². The molecule has 1 rings (SSSR count). The van der Waals surface area contributed by atoms with Crippen molar-refractivity contribution in [2.45, 2.75) is 33.4 Å². The first-order chi connectivity index (χ1) is 7.13. The molecule has 0 aliphatic heterocycles. The van der Waals surface area contributed by atoms with E-state index in [1.54, 1.807) is 7.11 Å². The summed E-state index contributed by atoms with van der Waals surface area (Å²) in [7, 11) is 1.72. The Kier molecular flexibility index (Phi) is 4.63. The number of hydrogen-bond acceptors (Lipinski definition) is 2. The first kappa shape index (κ1) is 12.1. The molecule has 84 valence electrons. The second kappa shape index (κ2) is 5.76. The summed E-state index contributed by atoms with van der Waals surface area (Å²) in [5, 5.41) is 3.48. The van der Waals surface area contributed by atoms with E-state index in [1.165, 1.54) is 11.3 Å². The lowest BCUT2D eigenvalue weighted by atomic mass is 10.1. The molecule has 1 N–H and O–H groups in total. The topological polar surface area (TPSA) is 21.3 Å². The predicted molar refractivity (Wildman–Crippen MR) is 65.1 cm³/mol. The maximum absolute atomic E-state index is 5.11. The van der Waals surface area contributed by atoms with Gasteiger partial charge in [-0.3, -0.25) is 0 Å². The van der Waals surface area contributed by atoms with Crippen molar-refractivity contribution in [2.24, 2.45) is 5.92 Å². The molecular weight excluding hydrogens is 186 g/mol. The van der Waals surface area contributed by atoms with Crippen LogP contribution >= 0.6 is 0 Å². The third-order valence-electron chi connectivity index (χ3n) is 2.63. The minimum atomic E-state index is 0.489. The smallest absolute Gasteiger partial charge is 0.0713 e. The zero-order chi connectivity index (χ0) is 11.3. The fraction of sp³-hybridized carbons (Fsp3) is 0.538. The molecular formula is C13H21NO. The molecule has 1 atom stereocenters. The highest BCUT2D eigenvalue weighted by Crippen LogP contribution is 2.14. The fourth-order valence-corrected chi connectivity index (χ4v) is 1.35. The minimum Gasteiger partial charge on any atom is -0.382 e. The van der Waals surface area contributed by atoms with Crippen LogP contribution in [0.25, 0.3) is 0 Å². The largest absolute Gasteiger partial charge is 0.382 e. The molecule has 0 aliphatic carbocycles. The molecule has 15 heavy (non-hydrogen) atoms. The highest BCUT2D eigenvalue weighted by molar-refractivity contribution is 5.46. The molecule has 0 amide bonds. The van der Waals surface area contributed by atoms with Crippen LogP contribution in [0.5, 0.6) is 0 Å². The van der Waals surface area contributed by atoms with Crippen LogP contribution in [0.3, 0.4) is 0 Å². The molecule has 0 spiro atoms. The minimum absolute atomic E-state index is 0.489. The lowest BCUT2D eigenvalue weighted by Gasteiger charge is -2.19. The summed E-state index contributed by atoms with van der Waals surface area (Å²) >= 11 is 0. The van der Waals surface area contributed by atoms with Gasteiger partial charge < -0.3 is 10.1 Å². The third-order valence-corrected chi connectivity index (χ3v) is 2.63. The van der Waals surface area contributed by atoms with Gasteiger partial charge in [0.15, 0.2) is 0 Å². The van der Waals surface area contributed by atoms with E-state index in [-0.39, 0.29) is 0 Å². The average Bonchev–Trinajstić information content (AvgIpc) is 2.18. The second-order valence-corrected chi connectivity index (χ2v) is 4.31. The highest BCUT2D eigenvalue weighted by atomic mass is 16.5. The van der Waals surface area contributed by atoms with Gasteiger partial charge in [-0.25, -0.2) is 0 Å². The lowest BCUT2D eigenvalue weighted by Crippen LogP contribution is -2.21. The number of nitrogens with one attached hydrogen (secondary N) is 1. The lowest BCUT2D eigenvalue weighted by molar-refractivity contribution is 0.185. The van der Waals surface area contributed by atoms with Gasteiger partial charge in [-0.05, 0) is 30.5 Å². The van der Waals surface area contributed by atoms with E-state index < -0.39 is 0 Å². The monoisotopic (exact) mass is 207 g/mol. The number of ether oxygens (including phenoxy) is 1. The van der Waals surface area contributed by atoms with Crippen molar-refractivity contribution in [3.63, 3.8) is 0 Å². The fourth-order valence-electron chi connectivity index (χ4n) is 1.35. The van der Waals surface area contributed by atoms with Crippen molar-refractivity contribution in [2.75, 3.05) is 12.4 Å². The SMILES string of the molecule is COCc1cccc(NC(C)C(C)C)c1. The van der Waals surface area contributed by atoms with Crippen molar-refractivity contribution < 1.29 is 4.74 Å². The van der Waals surface area contributed by atoms with Gasteiger partial charge >= 0.3 is 0 Å². The molecule has 0 saturated carbocycles. The Bertz CT molecular complexity index is 296. The highest BCUT2D eigenvalue weighted by Gasteiger charge is 2.06. The van der Waals surface area contributed by atoms with Crippen molar-refractivity contribution in [1.82, 2.24) is 0 Å². The van der Waals surface area contributed by atoms with E-state index in [1.807, 2.05) is 0 Å². The maximum atomic E-state index is 5.11. The van der Waals surface area contributed by atoms with Crippen LogP contribution < -0.4 is 5.32 Å². The zero-order valence-corrected chi connectivity index (χ0v) is 10.1. The Morgan fingerprint density at radius 3 is 2.60 bits per heavy atom. The Hall–Kier alpha value is -1.02. The zero-order valence-electron chi connectivity index (χ0n) is 10.1. The second-order valence-electron chi connectivity index (χ2n) is 4.31. The molecule has 0 heterocycles. The van der Waals surface area contributed by atoms with Crippen molar-refractivity contribution in [3.05, 3.63) is 29.8 Å². The molecule has 2 nitrogen and oxygen atoms in total. The van der Waals surface area contributed by atoms with E-state index in [9.17, 15) is 0 Å². The molecule has 1 aromatic carbocycles. The van der Waals surface area contributed by atoms with Crippen molar-refractivity contribution >= 4 is 5.69 Å². The number of rotatable bonds is 5. The van der Waals surface area contributed by atoms with Gasteiger partial charge in [-0.15, -0.1) is 0 Å². The van der Waals surface area contributed by atoms with Gasteiger partial charge in [0.1, 0.15) is 0 Å². The van der Waals surface area contributed by atoms with Gasteiger partial charge in [0.25, 0.3) is 0 Å². The summed E-state index contributed by atoms with van der Waals surface area (Å²) < 4.78 is 5.11. The summed E-state index contributed by atoms with van der Waals surface area (Å²) in [4.78, 5) is 0. The van der Waals surface area contributed by atoms with Crippen LogP contribution in [0.15, 0.2) is 24.3 Å². The van der Waals surface area contributed by atoms with E-state index in [2.05, 4.69) is 50.4 Å². The van der Waals surface area contributed by atoms with E-state index in [4.69, 9.17) is 4.74 Å². The van der Waals surface area contributed by atoms with Crippen LogP contribution in [0.1, 0.15) is 26.3 Å².